The van der Waals surface area contributed by atoms with Crippen molar-refractivity contribution in [2.45, 2.75) is 46.2 Å². The third-order valence-corrected chi connectivity index (χ3v) is 4.15. The van der Waals surface area contributed by atoms with Crippen LogP contribution in [0.15, 0.2) is 29.3 Å². The number of nitrogens with one attached hydrogen (secondary N) is 2. The number of halogens is 1. The van der Waals surface area contributed by atoms with E-state index in [1.807, 2.05) is 0 Å². The van der Waals surface area contributed by atoms with Gasteiger partial charge in [0.15, 0.2) is 5.96 Å². The summed E-state index contributed by atoms with van der Waals surface area (Å²) in [6.45, 7) is 11.1. The number of aryl methyl sites for hydroxylation is 1. The minimum Gasteiger partial charge on any atom is -0.357 e. The molecule has 0 radical (unpaired) electrons. The molecule has 0 saturated heterocycles. The van der Waals surface area contributed by atoms with Crippen molar-refractivity contribution in [2.75, 3.05) is 27.2 Å². The van der Waals surface area contributed by atoms with Gasteiger partial charge in [0.25, 0.3) is 0 Å². The Kier molecular flexibility index (Phi) is 10.5. The first-order chi connectivity index (χ1) is 10.4. The summed E-state index contributed by atoms with van der Waals surface area (Å²) < 4.78 is 0. The van der Waals surface area contributed by atoms with Crippen molar-refractivity contribution in [3.8, 4) is 0 Å². The second-order valence-corrected chi connectivity index (χ2v) is 6.38. The van der Waals surface area contributed by atoms with Gasteiger partial charge in [0.2, 0.25) is 0 Å². The average Bonchev–Trinajstić information content (AvgIpc) is 2.50. The van der Waals surface area contributed by atoms with Crippen molar-refractivity contribution in [1.82, 2.24) is 15.5 Å². The second kappa shape index (κ2) is 10.9. The Bertz CT molecular complexity index is 484. The van der Waals surface area contributed by atoms with Crippen LogP contribution in [0.3, 0.4) is 0 Å². The molecule has 132 valence electrons. The van der Waals surface area contributed by atoms with Crippen LogP contribution in [-0.4, -0.2) is 43.6 Å². The molecule has 23 heavy (non-hydrogen) atoms. The molecule has 0 unspecified atom stereocenters. The highest BCUT2D eigenvalue weighted by Gasteiger charge is 2.20. The molecule has 0 aliphatic heterocycles. The lowest BCUT2D eigenvalue weighted by atomic mass is 10.0. The minimum atomic E-state index is 0. The third-order valence-electron chi connectivity index (χ3n) is 4.15. The quantitative estimate of drug-likeness (QED) is 0.395. The molecular formula is C18H33IN4. The van der Waals surface area contributed by atoms with Crippen LogP contribution in [-0.2, 0) is 13.0 Å². The van der Waals surface area contributed by atoms with Crippen LogP contribution in [0.5, 0.6) is 0 Å². The van der Waals surface area contributed by atoms with Gasteiger partial charge in [-0.25, -0.2) is 4.99 Å². The number of hydrogen-bond donors (Lipinski definition) is 2. The molecular weight excluding hydrogens is 399 g/mol. The van der Waals surface area contributed by atoms with E-state index < -0.39 is 0 Å². The van der Waals surface area contributed by atoms with E-state index in [9.17, 15) is 0 Å². The van der Waals surface area contributed by atoms with E-state index in [1.54, 1.807) is 0 Å². The Morgan fingerprint density at radius 2 is 1.70 bits per heavy atom. The van der Waals surface area contributed by atoms with Gasteiger partial charge in [-0.05, 0) is 52.4 Å². The lowest BCUT2D eigenvalue weighted by Gasteiger charge is -2.33. The molecule has 0 aliphatic carbocycles. The molecule has 0 bridgehead atoms. The number of guanidine groups is 1. The van der Waals surface area contributed by atoms with Crippen LogP contribution in [0.25, 0.3) is 0 Å². The first-order valence-corrected chi connectivity index (χ1v) is 8.17. The maximum Gasteiger partial charge on any atom is 0.191 e. The molecule has 0 fully saturated rings. The zero-order valence-corrected chi connectivity index (χ0v) is 17.8. The molecule has 0 spiro atoms. The maximum absolute atomic E-state index is 4.73. The monoisotopic (exact) mass is 432 g/mol. The summed E-state index contributed by atoms with van der Waals surface area (Å²) >= 11 is 0. The largest absolute Gasteiger partial charge is 0.357 e. The predicted octanol–water partition coefficient (Wildman–Crippen LogP) is 3.26. The summed E-state index contributed by atoms with van der Waals surface area (Å²) in [5.41, 5.74) is 2.75. The Hall–Kier alpha value is -0.820. The molecule has 1 aromatic carbocycles. The molecule has 0 aromatic heterocycles. The fourth-order valence-electron chi connectivity index (χ4n) is 2.02. The number of aliphatic imine (C=N–C) groups is 1. The summed E-state index contributed by atoms with van der Waals surface area (Å²) in [6, 6.07) is 8.52. The standard InChI is InChI=1S/C18H32N4.HI/c1-7-15-11-9-10-12-16(15)13-20-17(19-8-2)21-14-18(3,4)22(5)6;/h9-12H,7-8,13-14H2,1-6H3,(H2,19,20,21);1H. The second-order valence-electron chi connectivity index (χ2n) is 6.38. The fourth-order valence-corrected chi connectivity index (χ4v) is 2.02. The molecule has 1 aromatic rings. The van der Waals surface area contributed by atoms with Gasteiger partial charge in [-0.3, -0.25) is 0 Å². The molecule has 0 heterocycles. The van der Waals surface area contributed by atoms with E-state index >= 15 is 0 Å². The molecule has 0 atom stereocenters. The van der Waals surface area contributed by atoms with Crippen LogP contribution in [0.2, 0.25) is 0 Å². The zero-order chi connectivity index (χ0) is 16.6. The Labute approximate surface area is 159 Å². The normalized spacial score (nSPS) is 12.0. The zero-order valence-electron chi connectivity index (χ0n) is 15.4. The van der Waals surface area contributed by atoms with Gasteiger partial charge in [0, 0.05) is 18.6 Å². The maximum atomic E-state index is 4.73. The van der Waals surface area contributed by atoms with Crippen LogP contribution >= 0.6 is 24.0 Å². The Morgan fingerprint density at radius 1 is 1.09 bits per heavy atom. The van der Waals surface area contributed by atoms with Crippen molar-refractivity contribution in [3.05, 3.63) is 35.4 Å². The molecule has 1 rings (SSSR count). The summed E-state index contributed by atoms with van der Waals surface area (Å²) in [5.74, 6) is 0.878. The summed E-state index contributed by atoms with van der Waals surface area (Å²) in [7, 11) is 4.20. The van der Waals surface area contributed by atoms with Crippen molar-refractivity contribution in [2.24, 2.45) is 4.99 Å². The Morgan fingerprint density at radius 3 is 2.22 bits per heavy atom. The average molecular weight is 432 g/mol. The number of rotatable bonds is 7. The van der Waals surface area contributed by atoms with E-state index in [-0.39, 0.29) is 29.5 Å². The topological polar surface area (TPSA) is 39.7 Å². The first kappa shape index (κ1) is 22.2. The third kappa shape index (κ3) is 7.52. The highest BCUT2D eigenvalue weighted by Crippen LogP contribution is 2.11. The van der Waals surface area contributed by atoms with E-state index in [0.29, 0.717) is 6.54 Å². The molecule has 0 saturated carbocycles. The van der Waals surface area contributed by atoms with Crippen molar-refractivity contribution in [1.29, 1.82) is 0 Å². The van der Waals surface area contributed by atoms with Crippen molar-refractivity contribution in [3.63, 3.8) is 0 Å². The SMILES string of the molecule is CCNC(=NCc1ccccc1CC)NCC(C)(C)N(C)C.I. The lowest BCUT2D eigenvalue weighted by molar-refractivity contribution is 0.197. The highest BCUT2D eigenvalue weighted by atomic mass is 127. The van der Waals surface area contributed by atoms with E-state index in [4.69, 9.17) is 4.99 Å². The van der Waals surface area contributed by atoms with Gasteiger partial charge in [0.05, 0.1) is 6.54 Å². The van der Waals surface area contributed by atoms with E-state index in [2.05, 4.69) is 81.6 Å². The summed E-state index contributed by atoms with van der Waals surface area (Å²) in [6.07, 6.45) is 1.04. The van der Waals surface area contributed by atoms with Crippen LogP contribution in [0, 0.1) is 0 Å². The Balaban J connectivity index is 0.00000484. The number of hydrogen-bond acceptors (Lipinski definition) is 2. The van der Waals surface area contributed by atoms with Gasteiger partial charge in [-0.2, -0.15) is 0 Å². The smallest absolute Gasteiger partial charge is 0.191 e. The van der Waals surface area contributed by atoms with Crippen LogP contribution in [0.1, 0.15) is 38.8 Å². The summed E-state index contributed by atoms with van der Waals surface area (Å²) in [4.78, 5) is 6.95. The molecule has 5 heteroatoms. The summed E-state index contributed by atoms with van der Waals surface area (Å²) in [5, 5.41) is 6.77. The van der Waals surface area contributed by atoms with Crippen molar-refractivity contribution >= 4 is 29.9 Å². The van der Waals surface area contributed by atoms with Gasteiger partial charge < -0.3 is 15.5 Å². The number of likely N-dealkylation sites (N-methyl/N-ethyl adjacent to an activating group) is 1. The van der Waals surface area contributed by atoms with E-state index in [1.165, 1.54) is 11.1 Å². The van der Waals surface area contributed by atoms with Gasteiger partial charge in [-0.1, -0.05) is 31.2 Å². The molecule has 4 nitrogen and oxygen atoms in total. The van der Waals surface area contributed by atoms with Gasteiger partial charge >= 0.3 is 0 Å². The number of benzene rings is 1. The van der Waals surface area contributed by atoms with Gasteiger partial charge in [0.1, 0.15) is 0 Å². The first-order valence-electron chi connectivity index (χ1n) is 8.17. The van der Waals surface area contributed by atoms with Crippen LogP contribution < -0.4 is 10.6 Å². The fraction of sp³-hybridized carbons (Fsp3) is 0.611. The van der Waals surface area contributed by atoms with Crippen LogP contribution in [0.4, 0.5) is 0 Å². The highest BCUT2D eigenvalue weighted by molar-refractivity contribution is 14.0. The van der Waals surface area contributed by atoms with E-state index in [0.717, 1.165) is 25.5 Å². The van der Waals surface area contributed by atoms with Crippen molar-refractivity contribution < 1.29 is 0 Å². The minimum absolute atomic E-state index is 0. The number of nitrogens with zero attached hydrogens (tertiary/aromatic N) is 2. The molecule has 0 amide bonds. The molecule has 2 N–H and O–H groups in total. The predicted molar refractivity (Wildman–Crippen MR) is 112 cm³/mol. The lowest BCUT2D eigenvalue weighted by Crippen LogP contribution is -2.50. The molecule has 0 aliphatic rings. The van der Waals surface area contributed by atoms with Gasteiger partial charge in [-0.15, -0.1) is 24.0 Å².